The van der Waals surface area contributed by atoms with Crippen LogP contribution in [-0.2, 0) is 9.84 Å². The normalized spacial score (nSPS) is 24.3. The average Bonchev–Trinajstić information content (AvgIpc) is 3.03. The number of hydrogen-bond acceptors (Lipinski definition) is 3. The van der Waals surface area contributed by atoms with E-state index in [1.807, 2.05) is 14.0 Å². The van der Waals surface area contributed by atoms with Crippen molar-refractivity contribution in [3.63, 3.8) is 0 Å². The SMILES string of the molecule is C=C(C)CN(C)C(=NCC1CCS(=O)(=O)C1)NC1CCCC1.I. The first-order valence-electron chi connectivity index (χ1n) is 8.22. The molecule has 0 aromatic rings. The molecule has 0 radical (unpaired) electrons. The van der Waals surface area contributed by atoms with Gasteiger partial charge in [0.15, 0.2) is 15.8 Å². The van der Waals surface area contributed by atoms with Crippen LogP contribution in [0.25, 0.3) is 0 Å². The molecule has 1 N–H and O–H groups in total. The largest absolute Gasteiger partial charge is 0.354 e. The summed E-state index contributed by atoms with van der Waals surface area (Å²) in [5.74, 6) is 1.67. The molecule has 2 aliphatic rings. The van der Waals surface area contributed by atoms with Gasteiger partial charge in [0.05, 0.1) is 11.5 Å². The summed E-state index contributed by atoms with van der Waals surface area (Å²) in [4.78, 5) is 6.80. The van der Waals surface area contributed by atoms with Gasteiger partial charge in [-0.25, -0.2) is 8.42 Å². The third kappa shape index (κ3) is 6.99. The second-order valence-corrected chi connectivity index (χ2v) is 9.10. The number of nitrogens with one attached hydrogen (secondary N) is 1. The van der Waals surface area contributed by atoms with E-state index in [1.165, 1.54) is 25.7 Å². The van der Waals surface area contributed by atoms with Crippen molar-refractivity contribution in [3.8, 4) is 0 Å². The minimum atomic E-state index is -2.82. The Bertz CT molecular complexity index is 527. The summed E-state index contributed by atoms with van der Waals surface area (Å²) in [5, 5.41) is 3.55. The minimum absolute atomic E-state index is 0. The van der Waals surface area contributed by atoms with Crippen LogP contribution in [0.1, 0.15) is 39.0 Å². The number of hydrogen-bond donors (Lipinski definition) is 1. The van der Waals surface area contributed by atoms with Gasteiger partial charge in [-0.3, -0.25) is 4.99 Å². The molecule has 1 saturated carbocycles. The lowest BCUT2D eigenvalue weighted by Crippen LogP contribution is -2.44. The van der Waals surface area contributed by atoms with Crippen molar-refractivity contribution in [2.45, 2.75) is 45.1 Å². The van der Waals surface area contributed by atoms with E-state index in [-0.39, 0.29) is 35.6 Å². The first-order valence-corrected chi connectivity index (χ1v) is 10.0. The van der Waals surface area contributed by atoms with Gasteiger partial charge in [-0.15, -0.1) is 24.0 Å². The van der Waals surface area contributed by atoms with Crippen molar-refractivity contribution in [2.75, 3.05) is 31.6 Å². The van der Waals surface area contributed by atoms with Crippen molar-refractivity contribution in [3.05, 3.63) is 12.2 Å². The van der Waals surface area contributed by atoms with E-state index in [4.69, 9.17) is 4.99 Å². The first-order chi connectivity index (χ1) is 10.4. The highest BCUT2D eigenvalue weighted by molar-refractivity contribution is 14.0. The van der Waals surface area contributed by atoms with Crippen molar-refractivity contribution in [1.82, 2.24) is 10.2 Å². The van der Waals surface area contributed by atoms with Crippen molar-refractivity contribution >= 4 is 39.8 Å². The van der Waals surface area contributed by atoms with Gasteiger partial charge in [0.1, 0.15) is 0 Å². The van der Waals surface area contributed by atoms with E-state index in [0.29, 0.717) is 18.3 Å². The Balaban J connectivity index is 0.00000264. The standard InChI is InChI=1S/C16H29N3O2S.HI/c1-13(2)11-19(3)16(18-15-6-4-5-7-15)17-10-14-8-9-22(20,21)12-14;/h14-15H,1,4-12H2,2-3H3,(H,17,18);1H. The van der Waals surface area contributed by atoms with Crippen LogP contribution in [0.5, 0.6) is 0 Å². The van der Waals surface area contributed by atoms with Gasteiger partial charge < -0.3 is 10.2 Å². The van der Waals surface area contributed by atoms with E-state index in [1.54, 1.807) is 0 Å². The lowest BCUT2D eigenvalue weighted by Gasteiger charge is -2.26. The Morgan fingerprint density at radius 2 is 1.96 bits per heavy atom. The van der Waals surface area contributed by atoms with Gasteiger partial charge >= 0.3 is 0 Å². The predicted octanol–water partition coefficient (Wildman–Crippen LogP) is 2.44. The summed E-state index contributed by atoms with van der Waals surface area (Å²) in [7, 11) is -0.808. The number of likely N-dealkylation sites (N-methyl/N-ethyl adjacent to an activating group) is 1. The molecule has 1 unspecified atom stereocenters. The van der Waals surface area contributed by atoms with Gasteiger partial charge in [-0.05, 0) is 32.1 Å². The van der Waals surface area contributed by atoms with Gasteiger partial charge in [0.2, 0.25) is 0 Å². The van der Waals surface area contributed by atoms with E-state index in [9.17, 15) is 8.42 Å². The number of guanidine groups is 1. The highest BCUT2D eigenvalue weighted by Gasteiger charge is 2.28. The third-order valence-electron chi connectivity index (χ3n) is 4.38. The molecule has 1 aliphatic heterocycles. The van der Waals surface area contributed by atoms with E-state index < -0.39 is 9.84 Å². The van der Waals surface area contributed by atoms with Gasteiger partial charge in [0.25, 0.3) is 0 Å². The van der Waals surface area contributed by atoms with Gasteiger partial charge in [-0.2, -0.15) is 0 Å². The zero-order chi connectivity index (χ0) is 16.2. The highest BCUT2D eigenvalue weighted by atomic mass is 127. The fourth-order valence-electron chi connectivity index (χ4n) is 3.24. The molecule has 7 heteroatoms. The average molecular weight is 455 g/mol. The smallest absolute Gasteiger partial charge is 0.194 e. The van der Waals surface area contributed by atoms with Crippen LogP contribution in [0.4, 0.5) is 0 Å². The highest BCUT2D eigenvalue weighted by Crippen LogP contribution is 2.20. The van der Waals surface area contributed by atoms with Crippen molar-refractivity contribution in [2.24, 2.45) is 10.9 Å². The molecule has 5 nitrogen and oxygen atoms in total. The summed E-state index contributed by atoms with van der Waals surface area (Å²) >= 11 is 0. The molecule has 0 bridgehead atoms. The molecule has 1 saturated heterocycles. The minimum Gasteiger partial charge on any atom is -0.354 e. The summed E-state index contributed by atoms with van der Waals surface area (Å²) in [6.07, 6.45) is 5.67. The van der Waals surface area contributed by atoms with Crippen molar-refractivity contribution < 1.29 is 8.42 Å². The van der Waals surface area contributed by atoms with E-state index >= 15 is 0 Å². The maximum absolute atomic E-state index is 11.6. The molecule has 2 fully saturated rings. The van der Waals surface area contributed by atoms with Crippen LogP contribution in [0, 0.1) is 5.92 Å². The molecule has 1 heterocycles. The summed E-state index contributed by atoms with van der Waals surface area (Å²) in [5.41, 5.74) is 1.09. The summed E-state index contributed by atoms with van der Waals surface area (Å²) in [6.45, 7) is 7.33. The number of halogens is 1. The molecular formula is C16H30IN3O2S. The molecule has 0 spiro atoms. The Morgan fingerprint density at radius 1 is 1.30 bits per heavy atom. The molecule has 2 rings (SSSR count). The number of aliphatic imine (C=N–C) groups is 1. The Hall–Kier alpha value is -0.310. The zero-order valence-electron chi connectivity index (χ0n) is 14.3. The molecule has 134 valence electrons. The Kier molecular flexibility index (Phi) is 8.33. The summed E-state index contributed by atoms with van der Waals surface area (Å²) in [6, 6.07) is 0.499. The second-order valence-electron chi connectivity index (χ2n) is 6.87. The third-order valence-corrected chi connectivity index (χ3v) is 6.22. The second kappa shape index (κ2) is 9.25. The van der Waals surface area contributed by atoms with Gasteiger partial charge in [-0.1, -0.05) is 25.0 Å². The molecule has 1 atom stereocenters. The topological polar surface area (TPSA) is 61.8 Å². The van der Waals surface area contributed by atoms with Gasteiger partial charge in [0, 0.05) is 26.2 Å². The first kappa shape index (κ1) is 20.7. The zero-order valence-corrected chi connectivity index (χ0v) is 17.4. The molecule has 0 aromatic carbocycles. The maximum Gasteiger partial charge on any atom is 0.194 e. The van der Waals surface area contributed by atoms with Crippen LogP contribution in [0.15, 0.2) is 17.1 Å². The fraction of sp³-hybridized carbons (Fsp3) is 0.812. The van der Waals surface area contributed by atoms with Crippen LogP contribution < -0.4 is 5.32 Å². The lowest BCUT2D eigenvalue weighted by atomic mass is 10.1. The summed E-state index contributed by atoms with van der Waals surface area (Å²) < 4.78 is 23.1. The molecular weight excluding hydrogens is 425 g/mol. The Morgan fingerprint density at radius 3 is 2.48 bits per heavy atom. The number of sulfone groups is 1. The van der Waals surface area contributed by atoms with Crippen LogP contribution in [0.3, 0.4) is 0 Å². The quantitative estimate of drug-likeness (QED) is 0.300. The predicted molar refractivity (Wildman–Crippen MR) is 107 cm³/mol. The lowest BCUT2D eigenvalue weighted by molar-refractivity contribution is 0.486. The fourth-order valence-corrected chi connectivity index (χ4v) is 5.09. The molecule has 23 heavy (non-hydrogen) atoms. The van der Waals surface area contributed by atoms with E-state index in [2.05, 4.69) is 16.8 Å². The number of nitrogens with zero attached hydrogens (tertiary/aromatic N) is 2. The van der Waals surface area contributed by atoms with Crippen LogP contribution in [-0.4, -0.2) is 57.0 Å². The van der Waals surface area contributed by atoms with Crippen LogP contribution >= 0.6 is 24.0 Å². The molecule has 0 aromatic heterocycles. The molecule has 0 amide bonds. The maximum atomic E-state index is 11.6. The van der Waals surface area contributed by atoms with E-state index in [0.717, 1.165) is 24.5 Å². The van der Waals surface area contributed by atoms with Crippen LogP contribution in [0.2, 0.25) is 0 Å². The Labute approximate surface area is 157 Å². The molecule has 1 aliphatic carbocycles. The monoisotopic (exact) mass is 455 g/mol. The number of rotatable bonds is 5. The van der Waals surface area contributed by atoms with Crippen molar-refractivity contribution in [1.29, 1.82) is 0 Å².